The molecule has 1 rings (SSSR count). The highest BCUT2D eigenvalue weighted by atomic mass is 16.2. The fourth-order valence-corrected chi connectivity index (χ4v) is 1.81. The van der Waals surface area contributed by atoms with Gasteiger partial charge in [0.05, 0.1) is 6.04 Å². The SMILES string of the molecule is CC(=O)NC(Cc1ccccc1)CN(C)C(C)=O. The molecule has 18 heavy (non-hydrogen) atoms. The first-order valence-electron chi connectivity index (χ1n) is 6.01. The maximum absolute atomic E-state index is 11.2. The molecular formula is C14H20N2O2. The third kappa shape index (κ3) is 4.99. The van der Waals surface area contributed by atoms with Crippen molar-refractivity contribution in [1.29, 1.82) is 0 Å². The minimum absolute atomic E-state index is 0.00147. The Hall–Kier alpha value is -1.84. The van der Waals surface area contributed by atoms with Gasteiger partial charge in [0.2, 0.25) is 11.8 Å². The molecule has 0 aromatic heterocycles. The number of likely N-dealkylation sites (N-methyl/N-ethyl adjacent to an activating group) is 1. The van der Waals surface area contributed by atoms with Crippen molar-refractivity contribution in [2.24, 2.45) is 0 Å². The summed E-state index contributed by atoms with van der Waals surface area (Å²) in [6.45, 7) is 3.53. The molecule has 1 unspecified atom stereocenters. The number of rotatable bonds is 5. The fraction of sp³-hybridized carbons (Fsp3) is 0.429. The van der Waals surface area contributed by atoms with Gasteiger partial charge in [-0.25, -0.2) is 0 Å². The molecule has 0 aliphatic heterocycles. The van der Waals surface area contributed by atoms with Gasteiger partial charge in [-0.1, -0.05) is 30.3 Å². The summed E-state index contributed by atoms with van der Waals surface area (Å²) in [5.74, 6) is -0.0775. The van der Waals surface area contributed by atoms with Gasteiger partial charge in [0, 0.05) is 27.4 Å². The predicted molar refractivity (Wildman–Crippen MR) is 71.1 cm³/mol. The number of nitrogens with one attached hydrogen (secondary N) is 1. The van der Waals surface area contributed by atoms with Gasteiger partial charge < -0.3 is 10.2 Å². The topological polar surface area (TPSA) is 49.4 Å². The normalized spacial score (nSPS) is 11.7. The highest BCUT2D eigenvalue weighted by Gasteiger charge is 2.14. The minimum Gasteiger partial charge on any atom is -0.351 e. The molecule has 0 spiro atoms. The molecule has 0 radical (unpaired) electrons. The van der Waals surface area contributed by atoms with Crippen LogP contribution in [0.1, 0.15) is 19.4 Å². The Labute approximate surface area is 108 Å². The van der Waals surface area contributed by atoms with E-state index in [1.165, 1.54) is 13.8 Å². The lowest BCUT2D eigenvalue weighted by atomic mass is 10.1. The van der Waals surface area contributed by atoms with E-state index in [0.717, 1.165) is 12.0 Å². The molecule has 0 saturated heterocycles. The van der Waals surface area contributed by atoms with E-state index in [1.54, 1.807) is 11.9 Å². The van der Waals surface area contributed by atoms with Crippen molar-refractivity contribution in [1.82, 2.24) is 10.2 Å². The van der Waals surface area contributed by atoms with Gasteiger partial charge in [0.15, 0.2) is 0 Å². The minimum atomic E-state index is -0.0760. The predicted octanol–water partition coefficient (Wildman–Crippen LogP) is 1.21. The number of carbonyl (C=O) groups is 2. The molecule has 0 heterocycles. The van der Waals surface area contributed by atoms with Gasteiger partial charge in [-0.05, 0) is 12.0 Å². The maximum atomic E-state index is 11.2. The van der Waals surface area contributed by atoms with Gasteiger partial charge in [-0.2, -0.15) is 0 Å². The van der Waals surface area contributed by atoms with Crippen molar-refractivity contribution in [2.75, 3.05) is 13.6 Å². The number of hydrogen-bond donors (Lipinski definition) is 1. The molecule has 0 aliphatic carbocycles. The van der Waals surface area contributed by atoms with Crippen molar-refractivity contribution in [3.05, 3.63) is 35.9 Å². The van der Waals surface area contributed by atoms with E-state index in [2.05, 4.69) is 5.32 Å². The van der Waals surface area contributed by atoms with E-state index in [-0.39, 0.29) is 17.9 Å². The zero-order valence-corrected chi connectivity index (χ0v) is 11.1. The number of nitrogens with zero attached hydrogens (tertiary/aromatic N) is 1. The second kappa shape index (κ2) is 6.79. The molecule has 1 aromatic carbocycles. The van der Waals surface area contributed by atoms with E-state index >= 15 is 0 Å². The third-order valence-corrected chi connectivity index (χ3v) is 2.76. The van der Waals surface area contributed by atoms with E-state index in [0.29, 0.717) is 6.54 Å². The molecule has 1 atom stereocenters. The second-order valence-electron chi connectivity index (χ2n) is 4.49. The van der Waals surface area contributed by atoms with Crippen LogP contribution < -0.4 is 5.32 Å². The molecule has 4 heteroatoms. The monoisotopic (exact) mass is 248 g/mol. The van der Waals surface area contributed by atoms with Crippen LogP contribution >= 0.6 is 0 Å². The Balaban J connectivity index is 2.66. The van der Waals surface area contributed by atoms with Crippen molar-refractivity contribution in [3.8, 4) is 0 Å². The summed E-state index contributed by atoms with van der Waals surface area (Å²) in [4.78, 5) is 24.0. The number of benzene rings is 1. The number of hydrogen-bond acceptors (Lipinski definition) is 2. The molecule has 98 valence electrons. The third-order valence-electron chi connectivity index (χ3n) is 2.76. The quantitative estimate of drug-likeness (QED) is 0.851. The fourth-order valence-electron chi connectivity index (χ4n) is 1.81. The highest BCUT2D eigenvalue weighted by molar-refractivity contribution is 5.74. The number of carbonyl (C=O) groups excluding carboxylic acids is 2. The summed E-state index contributed by atoms with van der Waals surface area (Å²) < 4.78 is 0. The molecule has 1 N–H and O–H groups in total. The summed E-state index contributed by atoms with van der Waals surface area (Å²) in [5, 5.41) is 2.88. The van der Waals surface area contributed by atoms with Crippen LogP contribution in [0.4, 0.5) is 0 Å². The average Bonchev–Trinajstić information content (AvgIpc) is 2.29. The van der Waals surface area contributed by atoms with Crippen molar-refractivity contribution < 1.29 is 9.59 Å². The van der Waals surface area contributed by atoms with E-state index in [9.17, 15) is 9.59 Å². The molecule has 0 fully saturated rings. The van der Waals surface area contributed by atoms with Gasteiger partial charge in [-0.3, -0.25) is 9.59 Å². The van der Waals surface area contributed by atoms with Crippen LogP contribution in [-0.4, -0.2) is 36.3 Å². The summed E-state index contributed by atoms with van der Waals surface area (Å²) in [6.07, 6.45) is 0.720. The average molecular weight is 248 g/mol. The summed E-state index contributed by atoms with van der Waals surface area (Å²) in [5.41, 5.74) is 1.15. The van der Waals surface area contributed by atoms with Gasteiger partial charge in [0.25, 0.3) is 0 Å². The maximum Gasteiger partial charge on any atom is 0.219 e. The Kier molecular flexibility index (Phi) is 5.36. The van der Waals surface area contributed by atoms with E-state index in [4.69, 9.17) is 0 Å². The van der Waals surface area contributed by atoms with Crippen molar-refractivity contribution in [2.45, 2.75) is 26.3 Å². The van der Waals surface area contributed by atoms with Crippen LogP contribution in [-0.2, 0) is 16.0 Å². The van der Waals surface area contributed by atoms with Crippen LogP contribution in [0.25, 0.3) is 0 Å². The van der Waals surface area contributed by atoms with Crippen LogP contribution in [0.3, 0.4) is 0 Å². The smallest absolute Gasteiger partial charge is 0.219 e. The standard InChI is InChI=1S/C14H20N2O2/c1-11(17)15-14(10-16(3)12(2)18)9-13-7-5-4-6-8-13/h4-8,14H,9-10H2,1-3H3,(H,15,17). The molecule has 0 aliphatic rings. The summed E-state index contributed by atoms with van der Waals surface area (Å²) in [6, 6.07) is 9.87. The largest absolute Gasteiger partial charge is 0.351 e. The van der Waals surface area contributed by atoms with Gasteiger partial charge in [-0.15, -0.1) is 0 Å². The van der Waals surface area contributed by atoms with Crippen LogP contribution in [0.15, 0.2) is 30.3 Å². The molecule has 4 nitrogen and oxygen atoms in total. The zero-order valence-electron chi connectivity index (χ0n) is 11.1. The molecular weight excluding hydrogens is 228 g/mol. The lowest BCUT2D eigenvalue weighted by molar-refractivity contribution is -0.128. The number of amides is 2. The van der Waals surface area contributed by atoms with Crippen LogP contribution in [0.5, 0.6) is 0 Å². The zero-order chi connectivity index (χ0) is 13.5. The lowest BCUT2D eigenvalue weighted by Crippen LogP contribution is -2.44. The van der Waals surface area contributed by atoms with Gasteiger partial charge in [0.1, 0.15) is 0 Å². The Morgan fingerprint density at radius 3 is 2.33 bits per heavy atom. The Bertz CT molecular complexity index is 404. The summed E-state index contributed by atoms with van der Waals surface area (Å²) in [7, 11) is 1.74. The first-order chi connectivity index (χ1) is 8.49. The molecule has 2 amide bonds. The molecule has 0 saturated carbocycles. The van der Waals surface area contributed by atoms with Gasteiger partial charge >= 0.3 is 0 Å². The Morgan fingerprint density at radius 1 is 1.22 bits per heavy atom. The van der Waals surface area contributed by atoms with Crippen LogP contribution in [0.2, 0.25) is 0 Å². The Morgan fingerprint density at radius 2 is 1.83 bits per heavy atom. The summed E-state index contributed by atoms with van der Waals surface area (Å²) >= 11 is 0. The molecule has 0 bridgehead atoms. The second-order valence-corrected chi connectivity index (χ2v) is 4.49. The highest BCUT2D eigenvalue weighted by Crippen LogP contribution is 2.04. The van der Waals surface area contributed by atoms with E-state index in [1.807, 2.05) is 30.3 Å². The first-order valence-corrected chi connectivity index (χ1v) is 6.01. The van der Waals surface area contributed by atoms with E-state index < -0.39 is 0 Å². The lowest BCUT2D eigenvalue weighted by Gasteiger charge is -2.24. The molecule has 1 aromatic rings. The van der Waals surface area contributed by atoms with Crippen molar-refractivity contribution >= 4 is 11.8 Å². The first kappa shape index (κ1) is 14.2. The van der Waals surface area contributed by atoms with Crippen LogP contribution in [0, 0.1) is 0 Å². The van der Waals surface area contributed by atoms with Crippen molar-refractivity contribution in [3.63, 3.8) is 0 Å².